The van der Waals surface area contributed by atoms with Crippen LogP contribution in [0.3, 0.4) is 0 Å². The van der Waals surface area contributed by atoms with Crippen molar-refractivity contribution in [2.75, 3.05) is 0 Å². The Morgan fingerprint density at radius 2 is 1.56 bits per heavy atom. The highest BCUT2D eigenvalue weighted by Crippen LogP contribution is 2.40. The molecule has 0 saturated heterocycles. The van der Waals surface area contributed by atoms with Crippen molar-refractivity contribution in [1.82, 2.24) is 0 Å². The third kappa shape index (κ3) is 3.64. The Labute approximate surface area is 163 Å². The number of Topliss-reactive ketones (excluding diaryl/α,β-unsaturated/α-hetero) is 1. The highest BCUT2D eigenvalue weighted by atomic mass is 35.5. The van der Waals surface area contributed by atoms with E-state index in [0.717, 1.165) is 16.8 Å². The van der Waals surface area contributed by atoms with Crippen LogP contribution in [0.4, 0.5) is 0 Å². The Kier molecular flexibility index (Phi) is 4.78. The zero-order valence-corrected chi connectivity index (χ0v) is 15.4. The van der Waals surface area contributed by atoms with Gasteiger partial charge in [0, 0.05) is 17.0 Å². The van der Waals surface area contributed by atoms with Crippen molar-refractivity contribution in [3.8, 4) is 0 Å². The topological polar surface area (TPSA) is 38.7 Å². The molecule has 3 aromatic carbocycles. The number of halogens is 1. The fraction of sp³-hybridized carbons (Fsp3) is 0.130. The van der Waals surface area contributed by atoms with E-state index >= 15 is 0 Å². The van der Waals surface area contributed by atoms with Crippen LogP contribution >= 0.6 is 11.6 Å². The Bertz CT molecular complexity index is 968. The van der Waals surface area contributed by atoms with E-state index in [2.05, 4.69) is 5.16 Å². The lowest BCUT2D eigenvalue weighted by atomic mass is 9.82. The number of benzene rings is 3. The zero-order valence-electron chi connectivity index (χ0n) is 14.6. The second-order valence-electron chi connectivity index (χ2n) is 6.64. The minimum atomic E-state index is -0.831. The highest BCUT2D eigenvalue weighted by Gasteiger charge is 2.43. The molecule has 3 aromatic rings. The molecule has 0 aromatic heterocycles. The summed E-state index contributed by atoms with van der Waals surface area (Å²) in [7, 11) is 0. The van der Waals surface area contributed by atoms with Crippen molar-refractivity contribution < 1.29 is 9.63 Å². The Morgan fingerprint density at radius 3 is 2.22 bits per heavy atom. The van der Waals surface area contributed by atoms with E-state index < -0.39 is 5.60 Å². The molecule has 1 atom stereocenters. The first kappa shape index (κ1) is 17.5. The van der Waals surface area contributed by atoms with Gasteiger partial charge in [-0.1, -0.05) is 89.6 Å². The van der Waals surface area contributed by atoms with E-state index in [-0.39, 0.29) is 12.2 Å². The van der Waals surface area contributed by atoms with E-state index in [1.807, 2.05) is 84.9 Å². The molecule has 4 heteroatoms. The van der Waals surface area contributed by atoms with E-state index in [1.54, 1.807) is 0 Å². The zero-order chi connectivity index (χ0) is 18.7. The first-order valence-corrected chi connectivity index (χ1v) is 9.19. The van der Waals surface area contributed by atoms with Gasteiger partial charge in [0.1, 0.15) is 0 Å². The smallest absolute Gasteiger partial charge is 0.175 e. The molecule has 1 heterocycles. The number of nitrogens with zero attached hydrogens (tertiary/aromatic N) is 1. The third-order valence-electron chi connectivity index (χ3n) is 4.80. The molecule has 0 bridgehead atoms. The van der Waals surface area contributed by atoms with Gasteiger partial charge in [-0.05, 0) is 23.3 Å². The molecule has 4 rings (SSSR count). The van der Waals surface area contributed by atoms with Crippen LogP contribution in [0.5, 0.6) is 0 Å². The van der Waals surface area contributed by atoms with Gasteiger partial charge in [-0.3, -0.25) is 4.79 Å². The second kappa shape index (κ2) is 7.37. The molecular formula is C23H18ClNO2. The molecule has 0 saturated carbocycles. The molecule has 27 heavy (non-hydrogen) atoms. The lowest BCUT2D eigenvalue weighted by molar-refractivity contribution is -0.0248. The third-order valence-corrected chi connectivity index (χ3v) is 5.05. The summed E-state index contributed by atoms with van der Waals surface area (Å²) < 4.78 is 0. The van der Waals surface area contributed by atoms with Crippen molar-refractivity contribution in [2.24, 2.45) is 5.16 Å². The van der Waals surface area contributed by atoms with Crippen molar-refractivity contribution in [2.45, 2.75) is 18.4 Å². The molecule has 0 radical (unpaired) electrons. The Morgan fingerprint density at radius 1 is 0.926 bits per heavy atom. The molecule has 0 amide bonds. The first-order chi connectivity index (χ1) is 13.2. The van der Waals surface area contributed by atoms with Crippen molar-refractivity contribution >= 4 is 23.1 Å². The monoisotopic (exact) mass is 375 g/mol. The Hall–Kier alpha value is -2.91. The number of ketones is 1. The number of rotatable bonds is 5. The molecule has 3 nitrogen and oxygen atoms in total. The second-order valence-corrected chi connectivity index (χ2v) is 7.08. The predicted octanol–water partition coefficient (Wildman–Crippen LogP) is 5.63. The summed E-state index contributed by atoms with van der Waals surface area (Å²) in [4.78, 5) is 18.9. The fourth-order valence-electron chi connectivity index (χ4n) is 3.35. The van der Waals surface area contributed by atoms with Gasteiger partial charge >= 0.3 is 0 Å². The van der Waals surface area contributed by atoms with Gasteiger partial charge in [0.2, 0.25) is 0 Å². The largest absolute Gasteiger partial charge is 0.383 e. The normalized spacial score (nSPS) is 18.6. The highest BCUT2D eigenvalue weighted by molar-refractivity contribution is 6.30. The van der Waals surface area contributed by atoms with Crippen LogP contribution in [0.2, 0.25) is 5.02 Å². The van der Waals surface area contributed by atoms with Crippen LogP contribution in [-0.2, 0) is 10.4 Å². The van der Waals surface area contributed by atoms with E-state index in [9.17, 15) is 4.79 Å². The molecule has 1 unspecified atom stereocenters. The average molecular weight is 376 g/mol. The summed E-state index contributed by atoms with van der Waals surface area (Å²) >= 11 is 6.05. The van der Waals surface area contributed by atoms with Crippen LogP contribution in [0, 0.1) is 0 Å². The number of hydrogen-bond acceptors (Lipinski definition) is 3. The molecule has 1 aliphatic rings. The van der Waals surface area contributed by atoms with Gasteiger partial charge in [-0.2, -0.15) is 0 Å². The van der Waals surface area contributed by atoms with Crippen molar-refractivity contribution in [3.05, 3.63) is 107 Å². The van der Waals surface area contributed by atoms with E-state index in [1.165, 1.54) is 0 Å². The molecule has 1 aliphatic heterocycles. The van der Waals surface area contributed by atoms with Crippen LogP contribution in [0.1, 0.15) is 34.3 Å². The van der Waals surface area contributed by atoms with Gasteiger partial charge < -0.3 is 4.84 Å². The average Bonchev–Trinajstić information content (AvgIpc) is 3.15. The number of carbonyl (C=O) groups is 1. The van der Waals surface area contributed by atoms with Gasteiger partial charge in [-0.15, -0.1) is 0 Å². The Balaban J connectivity index is 1.67. The molecular weight excluding hydrogens is 358 g/mol. The van der Waals surface area contributed by atoms with Crippen molar-refractivity contribution in [1.29, 1.82) is 0 Å². The van der Waals surface area contributed by atoms with Gasteiger partial charge in [0.25, 0.3) is 0 Å². The summed E-state index contributed by atoms with van der Waals surface area (Å²) in [6.07, 6.45) is 0.732. The summed E-state index contributed by atoms with van der Waals surface area (Å²) in [5.41, 5.74) is 2.57. The van der Waals surface area contributed by atoms with Gasteiger partial charge in [0.05, 0.1) is 12.1 Å². The maximum atomic E-state index is 12.9. The number of carbonyl (C=O) groups excluding carboxylic acids is 1. The number of hydrogen-bond donors (Lipinski definition) is 0. The minimum absolute atomic E-state index is 0.0232. The molecule has 0 aliphatic carbocycles. The van der Waals surface area contributed by atoms with Crippen LogP contribution < -0.4 is 0 Å². The fourth-order valence-corrected chi connectivity index (χ4v) is 3.48. The summed E-state index contributed by atoms with van der Waals surface area (Å²) in [6.45, 7) is 0. The molecule has 0 spiro atoms. The van der Waals surface area contributed by atoms with Gasteiger partial charge in [0.15, 0.2) is 11.4 Å². The predicted molar refractivity (Wildman–Crippen MR) is 107 cm³/mol. The molecule has 134 valence electrons. The quantitative estimate of drug-likeness (QED) is 0.542. The van der Waals surface area contributed by atoms with Gasteiger partial charge in [-0.25, -0.2) is 0 Å². The number of oxime groups is 1. The van der Waals surface area contributed by atoms with Crippen LogP contribution in [0.15, 0.2) is 90.1 Å². The standard InChI is InChI=1S/C23H18ClNO2/c24-20-13-11-19(12-14-20)23(16-22(26)18-9-5-2-6-10-18)15-21(25-27-23)17-7-3-1-4-8-17/h1-14H,15-16H2. The minimum Gasteiger partial charge on any atom is -0.383 e. The van der Waals surface area contributed by atoms with Crippen molar-refractivity contribution in [3.63, 3.8) is 0 Å². The maximum absolute atomic E-state index is 12.9. The van der Waals surface area contributed by atoms with E-state index in [0.29, 0.717) is 17.0 Å². The van der Waals surface area contributed by atoms with Crippen LogP contribution in [-0.4, -0.2) is 11.5 Å². The lowest BCUT2D eigenvalue weighted by Crippen LogP contribution is -2.30. The summed E-state index contributed by atoms with van der Waals surface area (Å²) in [5, 5.41) is 4.98. The lowest BCUT2D eigenvalue weighted by Gasteiger charge is -2.26. The summed E-state index contributed by atoms with van der Waals surface area (Å²) in [6, 6.07) is 26.6. The van der Waals surface area contributed by atoms with Crippen LogP contribution in [0.25, 0.3) is 0 Å². The summed E-state index contributed by atoms with van der Waals surface area (Å²) in [5.74, 6) is 0.0232. The first-order valence-electron chi connectivity index (χ1n) is 8.81. The molecule has 0 fully saturated rings. The SMILES string of the molecule is O=C(CC1(c2ccc(Cl)cc2)CC(c2ccccc2)=NO1)c1ccccc1. The maximum Gasteiger partial charge on any atom is 0.175 e. The van der Waals surface area contributed by atoms with E-state index in [4.69, 9.17) is 16.4 Å². The molecule has 0 N–H and O–H groups in total.